The Kier molecular flexibility index (Phi) is 10.9. The molecular weight excluding hydrogens is 544 g/mol. The van der Waals surface area contributed by atoms with E-state index < -0.39 is 47.9 Å². The molecular formula is C30H34N4O8. The van der Waals surface area contributed by atoms with Gasteiger partial charge in [0.15, 0.2) is 0 Å². The number of hydrogen-bond acceptors (Lipinski definition) is 8. The number of benzene rings is 3. The number of phenolic OH excluding ortho intramolecular Hbond substituents is 3. The summed E-state index contributed by atoms with van der Waals surface area (Å²) in [5.41, 5.74) is 7.98. The van der Waals surface area contributed by atoms with Gasteiger partial charge in [-0.3, -0.25) is 19.2 Å². The summed E-state index contributed by atoms with van der Waals surface area (Å²) < 4.78 is 0. The van der Waals surface area contributed by atoms with Gasteiger partial charge in [0.05, 0.1) is 6.04 Å². The third-order valence-corrected chi connectivity index (χ3v) is 6.48. The molecule has 0 aliphatic rings. The zero-order valence-corrected chi connectivity index (χ0v) is 22.9. The number of aliphatic carboxylic acids is 1. The Bertz CT molecular complexity index is 1380. The summed E-state index contributed by atoms with van der Waals surface area (Å²) >= 11 is 0. The summed E-state index contributed by atoms with van der Waals surface area (Å²) in [5, 5.41) is 45.6. The van der Waals surface area contributed by atoms with Crippen molar-refractivity contribution in [3.63, 3.8) is 0 Å². The van der Waals surface area contributed by atoms with Crippen LogP contribution in [0.3, 0.4) is 0 Å². The lowest BCUT2D eigenvalue weighted by molar-refractivity contribution is -0.141. The van der Waals surface area contributed by atoms with Crippen molar-refractivity contribution in [1.29, 1.82) is 0 Å². The largest absolute Gasteiger partial charge is 0.508 e. The molecule has 12 heteroatoms. The van der Waals surface area contributed by atoms with Crippen LogP contribution in [0.25, 0.3) is 0 Å². The van der Waals surface area contributed by atoms with Gasteiger partial charge in [-0.15, -0.1) is 0 Å². The molecule has 3 aromatic rings. The lowest BCUT2D eigenvalue weighted by Crippen LogP contribution is -2.58. The predicted octanol–water partition coefficient (Wildman–Crippen LogP) is 0.718. The highest BCUT2D eigenvalue weighted by Gasteiger charge is 2.30. The summed E-state index contributed by atoms with van der Waals surface area (Å²) in [4.78, 5) is 51.0. The van der Waals surface area contributed by atoms with Gasteiger partial charge in [-0.25, -0.2) is 0 Å². The highest BCUT2D eigenvalue weighted by Crippen LogP contribution is 2.15. The van der Waals surface area contributed by atoms with Crippen molar-refractivity contribution in [2.75, 3.05) is 0 Å². The van der Waals surface area contributed by atoms with E-state index in [0.29, 0.717) is 16.7 Å². The fourth-order valence-electron chi connectivity index (χ4n) is 4.06. The number of nitrogens with two attached hydrogens (primary N) is 1. The van der Waals surface area contributed by atoms with Crippen molar-refractivity contribution in [1.82, 2.24) is 16.0 Å². The number of nitrogens with one attached hydrogen (secondary N) is 3. The van der Waals surface area contributed by atoms with Gasteiger partial charge in [0, 0.05) is 12.8 Å². The first-order chi connectivity index (χ1) is 19.9. The highest BCUT2D eigenvalue weighted by molar-refractivity contribution is 5.94. The number of phenols is 3. The molecule has 4 unspecified atom stereocenters. The monoisotopic (exact) mass is 578 g/mol. The normalized spacial score (nSPS) is 13.7. The first kappa shape index (κ1) is 31.4. The fraction of sp³-hybridized carbons (Fsp3) is 0.267. The van der Waals surface area contributed by atoms with Crippen LogP contribution in [0.1, 0.15) is 23.6 Å². The molecule has 12 nitrogen and oxygen atoms in total. The Morgan fingerprint density at radius 1 is 0.595 bits per heavy atom. The van der Waals surface area contributed by atoms with Crippen LogP contribution in [0.5, 0.6) is 17.2 Å². The molecule has 0 aromatic heterocycles. The van der Waals surface area contributed by atoms with Crippen molar-refractivity contribution in [3.8, 4) is 17.2 Å². The van der Waals surface area contributed by atoms with Crippen LogP contribution in [0.2, 0.25) is 0 Å². The average molecular weight is 579 g/mol. The number of carboxylic acid groups (broad SMARTS) is 1. The average Bonchev–Trinajstić information content (AvgIpc) is 2.95. The number of carbonyl (C=O) groups excluding carboxylic acids is 3. The number of carboxylic acids is 1. The smallest absolute Gasteiger partial charge is 0.325 e. The summed E-state index contributed by atoms with van der Waals surface area (Å²) in [6, 6.07) is 13.4. The minimum atomic E-state index is -1.27. The van der Waals surface area contributed by atoms with Gasteiger partial charge in [-0.05, 0) is 66.4 Å². The van der Waals surface area contributed by atoms with E-state index in [1.807, 2.05) is 0 Å². The highest BCUT2D eigenvalue weighted by atomic mass is 16.4. The number of rotatable bonds is 13. The van der Waals surface area contributed by atoms with Crippen molar-refractivity contribution < 1.29 is 39.6 Å². The summed E-state index contributed by atoms with van der Waals surface area (Å²) in [5.74, 6) is -3.31. The molecule has 0 saturated carbocycles. The van der Waals surface area contributed by atoms with Gasteiger partial charge >= 0.3 is 5.97 Å². The van der Waals surface area contributed by atoms with E-state index in [4.69, 9.17) is 5.73 Å². The zero-order chi connectivity index (χ0) is 30.8. The number of carbonyl (C=O) groups is 4. The topological polar surface area (TPSA) is 211 Å². The van der Waals surface area contributed by atoms with Crippen LogP contribution in [-0.2, 0) is 38.4 Å². The van der Waals surface area contributed by atoms with E-state index in [1.54, 1.807) is 36.4 Å². The third kappa shape index (κ3) is 9.52. The fourth-order valence-corrected chi connectivity index (χ4v) is 4.06. The predicted molar refractivity (Wildman–Crippen MR) is 153 cm³/mol. The van der Waals surface area contributed by atoms with Gasteiger partial charge in [0.25, 0.3) is 0 Å². The zero-order valence-electron chi connectivity index (χ0n) is 22.9. The molecule has 0 heterocycles. The molecule has 0 spiro atoms. The van der Waals surface area contributed by atoms with Crippen LogP contribution >= 0.6 is 0 Å². The second-order valence-corrected chi connectivity index (χ2v) is 9.91. The Morgan fingerprint density at radius 2 is 0.929 bits per heavy atom. The maximum Gasteiger partial charge on any atom is 0.325 e. The molecule has 3 rings (SSSR count). The number of hydrogen-bond donors (Lipinski definition) is 8. The minimum Gasteiger partial charge on any atom is -0.508 e. The molecule has 0 bridgehead atoms. The van der Waals surface area contributed by atoms with Gasteiger partial charge < -0.3 is 42.1 Å². The second kappa shape index (κ2) is 14.5. The van der Waals surface area contributed by atoms with Crippen LogP contribution in [0.15, 0.2) is 72.8 Å². The molecule has 3 amide bonds. The molecule has 4 atom stereocenters. The van der Waals surface area contributed by atoms with E-state index in [9.17, 15) is 39.6 Å². The molecule has 0 aliphatic carbocycles. The van der Waals surface area contributed by atoms with E-state index in [1.165, 1.54) is 43.3 Å². The second-order valence-electron chi connectivity index (χ2n) is 9.91. The van der Waals surface area contributed by atoms with E-state index in [2.05, 4.69) is 16.0 Å². The molecule has 0 aliphatic heterocycles. The van der Waals surface area contributed by atoms with Crippen molar-refractivity contribution in [3.05, 3.63) is 89.5 Å². The maximum absolute atomic E-state index is 13.6. The Balaban J connectivity index is 1.82. The summed E-state index contributed by atoms with van der Waals surface area (Å²) in [6.45, 7) is 1.28. The van der Waals surface area contributed by atoms with Crippen LogP contribution in [-0.4, -0.2) is 68.3 Å². The molecule has 42 heavy (non-hydrogen) atoms. The van der Waals surface area contributed by atoms with Crippen molar-refractivity contribution in [2.45, 2.75) is 50.4 Å². The van der Waals surface area contributed by atoms with Crippen LogP contribution in [0.4, 0.5) is 0 Å². The lowest BCUT2D eigenvalue weighted by Gasteiger charge is -2.25. The SMILES string of the molecule is CC(NC(=O)C(Cc1ccc(O)cc1)NC(=O)C(Cc1ccc(O)cc1)NC(=O)C(N)Cc1ccc(O)cc1)C(=O)O. The Morgan fingerprint density at radius 3 is 1.31 bits per heavy atom. The van der Waals surface area contributed by atoms with E-state index in [-0.39, 0.29) is 36.5 Å². The molecule has 3 aromatic carbocycles. The summed E-state index contributed by atoms with van der Waals surface area (Å²) in [6.07, 6.45) is 0.0753. The quantitative estimate of drug-likeness (QED) is 0.143. The summed E-state index contributed by atoms with van der Waals surface area (Å²) in [7, 11) is 0. The van der Waals surface area contributed by atoms with E-state index in [0.717, 1.165) is 0 Å². The van der Waals surface area contributed by atoms with Gasteiger partial charge in [-0.2, -0.15) is 0 Å². The number of amides is 3. The van der Waals surface area contributed by atoms with E-state index >= 15 is 0 Å². The Labute approximate surface area is 242 Å². The Hall–Kier alpha value is -5.10. The van der Waals surface area contributed by atoms with Gasteiger partial charge in [-0.1, -0.05) is 36.4 Å². The molecule has 9 N–H and O–H groups in total. The van der Waals surface area contributed by atoms with Gasteiger partial charge in [0.2, 0.25) is 17.7 Å². The van der Waals surface area contributed by atoms with Crippen LogP contribution < -0.4 is 21.7 Å². The minimum absolute atomic E-state index is 0.00334. The first-order valence-corrected chi connectivity index (χ1v) is 13.1. The van der Waals surface area contributed by atoms with Crippen molar-refractivity contribution >= 4 is 23.7 Å². The number of aromatic hydroxyl groups is 3. The third-order valence-electron chi connectivity index (χ3n) is 6.48. The first-order valence-electron chi connectivity index (χ1n) is 13.1. The van der Waals surface area contributed by atoms with Crippen molar-refractivity contribution in [2.24, 2.45) is 5.73 Å². The van der Waals surface area contributed by atoms with Crippen LogP contribution in [0, 0.1) is 0 Å². The van der Waals surface area contributed by atoms with Gasteiger partial charge in [0.1, 0.15) is 35.4 Å². The maximum atomic E-state index is 13.6. The standard InChI is InChI=1S/C30H34N4O8/c1-17(30(41)42)32-28(39)25(15-19-4-10-22(36)11-5-19)34-29(40)26(16-20-6-12-23(37)13-7-20)33-27(38)24(31)14-18-2-8-21(35)9-3-18/h2-13,17,24-26,35-37H,14-16,31H2,1H3,(H,32,39)(H,33,38)(H,34,40)(H,41,42). The molecule has 222 valence electrons. The molecule has 0 saturated heterocycles. The molecule has 0 fully saturated rings. The molecule has 0 radical (unpaired) electrons. The lowest BCUT2D eigenvalue weighted by atomic mass is 10.0.